The molecule has 1 amide bonds. The van der Waals surface area contributed by atoms with Gasteiger partial charge < -0.3 is 42.8 Å². The second-order valence-corrected chi connectivity index (χ2v) is 19.8. The molecule has 0 aliphatic carbocycles. The van der Waals surface area contributed by atoms with E-state index in [9.17, 15) is 4.79 Å². The number of imidazole rings is 1. The first-order valence-electron chi connectivity index (χ1n) is 23.1. The molecule has 1 aliphatic rings. The van der Waals surface area contributed by atoms with Crippen LogP contribution in [0.1, 0.15) is 77.8 Å². The highest BCUT2D eigenvalue weighted by Crippen LogP contribution is 2.51. The van der Waals surface area contributed by atoms with E-state index in [1.165, 1.54) is 6.33 Å². The van der Waals surface area contributed by atoms with E-state index in [2.05, 4.69) is 59.8 Å². The van der Waals surface area contributed by atoms with Crippen molar-refractivity contribution in [2.45, 2.75) is 91.0 Å². The van der Waals surface area contributed by atoms with E-state index in [1.807, 2.05) is 110 Å². The van der Waals surface area contributed by atoms with Crippen LogP contribution in [0.3, 0.4) is 0 Å². The quantitative estimate of drug-likeness (QED) is 0.0297. The molecule has 4 atom stereocenters. The van der Waals surface area contributed by atoms with Gasteiger partial charge in [0.2, 0.25) is 0 Å². The Morgan fingerprint density at radius 2 is 1.41 bits per heavy atom. The molecule has 15 nitrogen and oxygen atoms in total. The molecule has 0 bridgehead atoms. The third-order valence-corrected chi connectivity index (χ3v) is 14.3. The Bertz CT molecular complexity index is 2520. The number of thiocarbonyl (C=S) groups is 1. The maximum Gasteiger partial charge on any atom is 0.263 e. The van der Waals surface area contributed by atoms with Crippen molar-refractivity contribution in [2.24, 2.45) is 5.41 Å². The Balaban J connectivity index is 1.25. The van der Waals surface area contributed by atoms with Gasteiger partial charge in [-0.05, 0) is 93.0 Å². The first-order valence-corrected chi connectivity index (χ1v) is 24.6. The van der Waals surface area contributed by atoms with Crippen molar-refractivity contribution in [3.05, 3.63) is 139 Å². The van der Waals surface area contributed by atoms with Crippen LogP contribution in [-0.2, 0) is 33.7 Å². The lowest BCUT2D eigenvalue weighted by Crippen LogP contribution is -2.39. The number of ether oxygens (including phenoxy) is 6. The molecule has 7 rings (SSSR count). The first kappa shape index (κ1) is 51.3. The van der Waals surface area contributed by atoms with Gasteiger partial charge in [0.05, 0.1) is 39.9 Å². The van der Waals surface area contributed by atoms with Crippen LogP contribution in [0.15, 0.2) is 122 Å². The number of carbonyl (C=O) groups is 1. The molecule has 1 N–H and O–H groups in total. The molecule has 4 aromatic carbocycles. The largest absolute Gasteiger partial charge is 0.497 e. The van der Waals surface area contributed by atoms with Crippen LogP contribution in [0, 0.1) is 5.41 Å². The molecule has 17 heteroatoms. The number of aromatic nitrogens is 4. The summed E-state index contributed by atoms with van der Waals surface area (Å²) >= 11 is 5.57. The van der Waals surface area contributed by atoms with Crippen LogP contribution in [0.25, 0.3) is 11.2 Å². The summed E-state index contributed by atoms with van der Waals surface area (Å²) in [5.74, 6) is 1.84. The zero-order valence-electron chi connectivity index (χ0n) is 40.7. The van der Waals surface area contributed by atoms with Gasteiger partial charge in [-0.15, -0.1) is 0 Å². The van der Waals surface area contributed by atoms with Gasteiger partial charge >= 0.3 is 0 Å². The van der Waals surface area contributed by atoms with Crippen molar-refractivity contribution < 1.29 is 42.3 Å². The first-order chi connectivity index (χ1) is 33.2. The van der Waals surface area contributed by atoms with Gasteiger partial charge in [-0.1, -0.05) is 93.6 Å². The zero-order valence-corrected chi connectivity index (χ0v) is 42.4. The van der Waals surface area contributed by atoms with Crippen molar-refractivity contribution in [3.63, 3.8) is 0 Å². The summed E-state index contributed by atoms with van der Waals surface area (Å²) in [6.45, 7) is 14.9. The number of rotatable bonds is 22. The number of nitrogens with zero attached hydrogens (tertiary/aromatic N) is 5. The van der Waals surface area contributed by atoms with Crippen LogP contribution in [-0.4, -0.2) is 100 Å². The van der Waals surface area contributed by atoms with Crippen molar-refractivity contribution in [1.82, 2.24) is 24.2 Å². The third kappa shape index (κ3) is 12.4. The van der Waals surface area contributed by atoms with Crippen LogP contribution in [0.2, 0.25) is 0 Å². The van der Waals surface area contributed by atoms with E-state index in [4.69, 9.17) is 54.7 Å². The Kier molecular flexibility index (Phi) is 17.4. The fourth-order valence-electron chi connectivity index (χ4n) is 8.11. The molecule has 2 aromatic heterocycles. The molecule has 0 radical (unpaired) electrons. The second-order valence-electron chi connectivity index (χ2n) is 18.0. The Morgan fingerprint density at radius 1 is 0.812 bits per heavy atom. The number of anilines is 1. The zero-order chi connectivity index (χ0) is 49.1. The third-order valence-electron chi connectivity index (χ3n) is 11.5. The number of nitrogens with one attached hydrogen (secondary N) is 1. The van der Waals surface area contributed by atoms with Crippen molar-refractivity contribution in [2.75, 3.05) is 46.0 Å². The van der Waals surface area contributed by atoms with Crippen LogP contribution < -0.4 is 19.5 Å². The van der Waals surface area contributed by atoms with E-state index >= 15 is 0 Å². The topological polar surface area (TPSA) is 150 Å². The van der Waals surface area contributed by atoms with E-state index < -0.39 is 38.5 Å². The van der Waals surface area contributed by atoms with Gasteiger partial charge in [-0.3, -0.25) is 9.36 Å². The fourth-order valence-corrected chi connectivity index (χ4v) is 9.93. The molecule has 1 fully saturated rings. The Morgan fingerprint density at radius 3 is 1.99 bits per heavy atom. The number of fused-ring (bicyclic) bond motifs is 1. The SMILES string of the molecule is COc1ccc(C(OC[C@H]2O[C@@H](n3cnc4c(NC(=O)COc5ccccc5)ncnc43)C[C@H]2O[P@](OCCOC(=S)C(C)(C)C)N(C(C)C)C(C)C)(c2ccccc2)c2ccc(OC)cc2)cc1. The van der Waals surface area contributed by atoms with Gasteiger partial charge in [0.25, 0.3) is 14.4 Å². The summed E-state index contributed by atoms with van der Waals surface area (Å²) in [5.41, 5.74) is 2.07. The maximum atomic E-state index is 13.1. The van der Waals surface area contributed by atoms with Crippen molar-refractivity contribution >= 4 is 48.7 Å². The van der Waals surface area contributed by atoms with E-state index in [0.29, 0.717) is 39.9 Å². The standard InChI is InChI=1S/C52H63N6O9PS/c1-35(2)58(36(3)4)68(65-29-28-62-50(69)51(5,6)7)67-43-30-46(57-34-55-47-48(53-33-54-49(47)57)56-45(59)32-63-42-18-14-11-15-19-42)66-44(43)31-64-52(37-16-12-10-13-17-37,38-20-24-40(60-8)25-21-38)39-22-26-41(61-9)27-23-39/h10-27,33-36,43-44,46H,28-32H2,1-9H3,(H,53,54,56,59)/t43-,44-,46-,68+/m1/s1. The number of carbonyl (C=O) groups excluding carboxylic acids is 1. The number of amides is 1. The van der Waals surface area contributed by atoms with Crippen molar-refractivity contribution in [1.29, 1.82) is 0 Å². The highest BCUT2D eigenvalue weighted by molar-refractivity contribution is 7.80. The summed E-state index contributed by atoms with van der Waals surface area (Å²) in [4.78, 5) is 26.8. The molecular weight excluding hydrogens is 916 g/mol. The minimum absolute atomic E-state index is 0.0670. The predicted molar refractivity (Wildman–Crippen MR) is 271 cm³/mol. The summed E-state index contributed by atoms with van der Waals surface area (Å²) in [6, 6.07) is 35.2. The Hall–Kier alpha value is -5.58. The van der Waals surface area contributed by atoms with Crippen LogP contribution in [0.5, 0.6) is 17.2 Å². The van der Waals surface area contributed by atoms with E-state index in [-0.39, 0.29) is 49.7 Å². The van der Waals surface area contributed by atoms with Gasteiger partial charge in [0.15, 0.2) is 28.6 Å². The predicted octanol–water partition coefficient (Wildman–Crippen LogP) is 10.3. The van der Waals surface area contributed by atoms with Gasteiger partial charge in [-0.2, -0.15) is 0 Å². The second kappa shape index (κ2) is 23.4. The highest BCUT2D eigenvalue weighted by Gasteiger charge is 2.45. The molecule has 1 saturated heterocycles. The highest BCUT2D eigenvalue weighted by atomic mass is 32.1. The van der Waals surface area contributed by atoms with E-state index in [1.54, 1.807) is 32.7 Å². The smallest absolute Gasteiger partial charge is 0.263 e. The molecule has 0 saturated carbocycles. The normalized spacial score (nSPS) is 16.8. The average molecular weight is 979 g/mol. The van der Waals surface area contributed by atoms with Crippen LogP contribution >= 0.6 is 20.7 Å². The van der Waals surface area contributed by atoms with Gasteiger partial charge in [0, 0.05) is 23.9 Å². The number of benzene rings is 4. The molecule has 366 valence electrons. The summed E-state index contributed by atoms with van der Waals surface area (Å²) in [7, 11) is 1.60. The minimum atomic E-state index is -1.69. The van der Waals surface area contributed by atoms with E-state index in [0.717, 1.165) is 16.7 Å². The Labute approximate surface area is 411 Å². The summed E-state index contributed by atoms with van der Waals surface area (Å²) in [6.07, 6.45) is 1.56. The number of para-hydroxylation sites is 1. The minimum Gasteiger partial charge on any atom is -0.497 e. The monoisotopic (exact) mass is 978 g/mol. The molecule has 3 heterocycles. The molecule has 1 aliphatic heterocycles. The maximum absolute atomic E-state index is 13.1. The molecular formula is C52H63N6O9PS. The number of hydrogen-bond acceptors (Lipinski definition) is 14. The molecule has 0 spiro atoms. The lowest BCUT2D eigenvalue weighted by molar-refractivity contribution is -0.118. The number of hydrogen-bond donors (Lipinski definition) is 1. The summed E-state index contributed by atoms with van der Waals surface area (Å²) < 4.78 is 55.3. The lowest BCUT2D eigenvalue weighted by Gasteiger charge is -2.39. The van der Waals surface area contributed by atoms with Crippen LogP contribution in [0.4, 0.5) is 5.82 Å². The lowest BCUT2D eigenvalue weighted by atomic mass is 9.80. The molecule has 69 heavy (non-hydrogen) atoms. The molecule has 0 unspecified atom stereocenters. The molecule has 6 aromatic rings. The van der Waals surface area contributed by atoms with Gasteiger partial charge in [-0.25, -0.2) is 19.6 Å². The number of methoxy groups -OCH3 is 2. The van der Waals surface area contributed by atoms with Crippen molar-refractivity contribution in [3.8, 4) is 17.2 Å². The summed E-state index contributed by atoms with van der Waals surface area (Å²) in [5, 5.41) is 3.36. The average Bonchev–Trinajstić information content (AvgIpc) is 3.97. The van der Waals surface area contributed by atoms with Gasteiger partial charge in [0.1, 0.15) is 48.1 Å². The fraction of sp³-hybridized carbons (Fsp3) is 0.404.